The fraction of sp³-hybridized carbons (Fsp3) is 0.727. The lowest BCUT2D eigenvalue weighted by Gasteiger charge is -2.20. The number of hydrogen-bond acceptors (Lipinski definition) is 8. The van der Waals surface area contributed by atoms with Crippen molar-refractivity contribution in [2.75, 3.05) is 49.4 Å². The molecule has 0 saturated heterocycles. The lowest BCUT2D eigenvalue weighted by atomic mass is 10.3. The van der Waals surface area contributed by atoms with Crippen molar-refractivity contribution in [3.63, 3.8) is 0 Å². The Hall–Kier alpha value is -1.67. The number of nitrogens with two attached hydrogens (primary N) is 1. The van der Waals surface area contributed by atoms with Gasteiger partial charge in [-0.2, -0.15) is 15.0 Å². The first kappa shape index (κ1) is 15.4. The minimum Gasteiger partial charge on any atom is -0.394 e. The van der Waals surface area contributed by atoms with E-state index in [1.54, 1.807) is 7.11 Å². The van der Waals surface area contributed by atoms with Crippen LogP contribution in [0, 0.1) is 0 Å². The summed E-state index contributed by atoms with van der Waals surface area (Å²) in [6.45, 7) is 5.85. The lowest BCUT2D eigenvalue weighted by molar-refractivity contribution is 0.153. The second-order valence-corrected chi connectivity index (χ2v) is 3.97. The highest BCUT2D eigenvalue weighted by molar-refractivity contribution is 5.42. The topological polar surface area (TPSA) is 109 Å². The van der Waals surface area contributed by atoms with Crippen molar-refractivity contribution >= 4 is 17.8 Å². The summed E-state index contributed by atoms with van der Waals surface area (Å²) in [6.07, 6.45) is 0. The van der Waals surface area contributed by atoms with Crippen LogP contribution in [0.15, 0.2) is 0 Å². The smallest absolute Gasteiger partial charge is 0.231 e. The predicted octanol–water partition coefficient (Wildman–Crippen LogP) is -0.281. The minimum absolute atomic E-state index is 0.0833. The van der Waals surface area contributed by atoms with Crippen LogP contribution >= 0.6 is 0 Å². The summed E-state index contributed by atoms with van der Waals surface area (Å²) < 4.78 is 4.98. The predicted molar refractivity (Wildman–Crippen MR) is 74.2 cm³/mol. The van der Waals surface area contributed by atoms with Crippen LogP contribution in [0.25, 0.3) is 0 Å². The van der Waals surface area contributed by atoms with Crippen molar-refractivity contribution in [3.05, 3.63) is 0 Å². The van der Waals surface area contributed by atoms with E-state index < -0.39 is 0 Å². The van der Waals surface area contributed by atoms with Gasteiger partial charge in [0.05, 0.1) is 19.3 Å². The van der Waals surface area contributed by atoms with Gasteiger partial charge in [-0.15, -0.1) is 0 Å². The molecule has 1 rings (SSSR count). The Morgan fingerprint density at radius 1 is 1.32 bits per heavy atom. The molecule has 1 heterocycles. The number of hydrogen-bond donors (Lipinski definition) is 3. The molecule has 1 atom stereocenters. The molecule has 0 fully saturated rings. The number of ether oxygens (including phenoxy) is 1. The van der Waals surface area contributed by atoms with Crippen molar-refractivity contribution in [1.82, 2.24) is 15.0 Å². The molecular weight excluding hydrogens is 248 g/mol. The summed E-state index contributed by atoms with van der Waals surface area (Å²) >= 11 is 0. The third-order valence-corrected chi connectivity index (χ3v) is 2.61. The molecule has 0 aliphatic rings. The molecule has 8 nitrogen and oxygen atoms in total. The Morgan fingerprint density at radius 2 is 2.00 bits per heavy atom. The summed E-state index contributed by atoms with van der Waals surface area (Å²) in [5, 5.41) is 12.2. The van der Waals surface area contributed by atoms with Gasteiger partial charge in [-0.3, -0.25) is 0 Å². The lowest BCUT2D eigenvalue weighted by Crippen LogP contribution is -2.31. The van der Waals surface area contributed by atoms with Crippen LogP contribution < -0.4 is 16.0 Å². The summed E-state index contributed by atoms with van der Waals surface area (Å²) in [5.74, 6) is 1.01. The number of nitrogens with one attached hydrogen (secondary N) is 1. The van der Waals surface area contributed by atoms with Gasteiger partial charge >= 0.3 is 0 Å². The van der Waals surface area contributed by atoms with Crippen molar-refractivity contribution in [1.29, 1.82) is 0 Å². The number of methoxy groups -OCH3 is 1. The van der Waals surface area contributed by atoms with Crippen molar-refractivity contribution in [2.45, 2.75) is 19.9 Å². The van der Waals surface area contributed by atoms with Crippen LogP contribution in [-0.4, -0.2) is 59.5 Å². The normalized spacial score (nSPS) is 12.2. The second-order valence-electron chi connectivity index (χ2n) is 3.97. The molecule has 4 N–H and O–H groups in total. The van der Waals surface area contributed by atoms with Crippen LogP contribution in [0.4, 0.5) is 17.8 Å². The average Bonchev–Trinajstić information content (AvgIpc) is 2.39. The van der Waals surface area contributed by atoms with Crippen molar-refractivity contribution in [3.8, 4) is 0 Å². The monoisotopic (exact) mass is 270 g/mol. The van der Waals surface area contributed by atoms with E-state index in [1.165, 1.54) is 0 Å². The molecule has 19 heavy (non-hydrogen) atoms. The van der Waals surface area contributed by atoms with Gasteiger partial charge < -0.3 is 25.8 Å². The fourth-order valence-electron chi connectivity index (χ4n) is 1.62. The zero-order valence-electron chi connectivity index (χ0n) is 11.6. The van der Waals surface area contributed by atoms with E-state index in [9.17, 15) is 5.11 Å². The third kappa shape index (κ3) is 4.49. The molecule has 0 saturated carbocycles. The Labute approximate surface area is 113 Å². The number of aliphatic hydroxyl groups is 1. The van der Waals surface area contributed by atoms with Gasteiger partial charge in [-0.05, 0) is 13.8 Å². The Morgan fingerprint density at radius 3 is 2.53 bits per heavy atom. The standard InChI is InChI=1S/C11H22N6O2/c1-4-17(5-2)11-15-9(12)14-10(16-11)13-8(6-18)7-19-3/h8,18H,4-7H2,1-3H3,(H3,12,13,14,15,16). The molecule has 8 heteroatoms. The second kappa shape index (κ2) is 7.70. The Bertz CT molecular complexity index is 385. The van der Waals surface area contributed by atoms with Gasteiger partial charge in [0.25, 0.3) is 0 Å². The first-order valence-electron chi connectivity index (χ1n) is 6.27. The van der Waals surface area contributed by atoms with Crippen molar-refractivity contribution in [2.24, 2.45) is 0 Å². The number of rotatable bonds is 8. The van der Waals surface area contributed by atoms with E-state index in [0.29, 0.717) is 18.5 Å². The largest absolute Gasteiger partial charge is 0.394 e. The van der Waals surface area contributed by atoms with E-state index in [4.69, 9.17) is 10.5 Å². The van der Waals surface area contributed by atoms with E-state index in [2.05, 4.69) is 20.3 Å². The first-order chi connectivity index (χ1) is 9.14. The summed E-state index contributed by atoms with van der Waals surface area (Å²) in [6, 6.07) is -0.281. The van der Waals surface area contributed by atoms with Crippen LogP contribution in [0.2, 0.25) is 0 Å². The molecular formula is C11H22N6O2. The molecule has 0 aromatic carbocycles. The maximum Gasteiger partial charge on any atom is 0.231 e. The highest BCUT2D eigenvalue weighted by Crippen LogP contribution is 2.12. The number of aliphatic hydroxyl groups excluding tert-OH is 1. The van der Waals surface area contributed by atoms with Crippen LogP contribution in [0.3, 0.4) is 0 Å². The molecule has 0 radical (unpaired) electrons. The molecule has 108 valence electrons. The Kier molecular flexibility index (Phi) is 6.23. The van der Waals surface area contributed by atoms with Gasteiger partial charge in [-0.25, -0.2) is 0 Å². The van der Waals surface area contributed by atoms with Gasteiger partial charge in [-0.1, -0.05) is 0 Å². The minimum atomic E-state index is -0.281. The number of anilines is 3. The zero-order valence-corrected chi connectivity index (χ0v) is 11.6. The average molecular weight is 270 g/mol. The molecule has 0 aliphatic carbocycles. The number of nitrogens with zero attached hydrogens (tertiary/aromatic N) is 4. The molecule has 0 aliphatic heterocycles. The maximum atomic E-state index is 9.20. The molecule has 1 unspecified atom stereocenters. The number of aromatic nitrogens is 3. The summed E-state index contributed by atoms with van der Waals surface area (Å²) in [4.78, 5) is 14.4. The highest BCUT2D eigenvalue weighted by Gasteiger charge is 2.13. The van der Waals surface area contributed by atoms with Gasteiger partial charge in [0.1, 0.15) is 0 Å². The summed E-state index contributed by atoms with van der Waals surface area (Å²) in [5.41, 5.74) is 5.68. The van der Waals surface area contributed by atoms with Crippen LogP contribution in [0.1, 0.15) is 13.8 Å². The maximum absolute atomic E-state index is 9.20. The molecule has 0 spiro atoms. The fourth-order valence-corrected chi connectivity index (χ4v) is 1.62. The molecule has 1 aromatic rings. The molecule has 0 amide bonds. The third-order valence-electron chi connectivity index (χ3n) is 2.61. The molecule has 1 aromatic heterocycles. The van der Waals surface area contributed by atoms with E-state index >= 15 is 0 Å². The zero-order chi connectivity index (χ0) is 14.3. The van der Waals surface area contributed by atoms with E-state index in [-0.39, 0.29) is 18.6 Å². The van der Waals surface area contributed by atoms with Gasteiger partial charge in [0.2, 0.25) is 17.8 Å². The van der Waals surface area contributed by atoms with Gasteiger partial charge in [0, 0.05) is 20.2 Å². The quantitative estimate of drug-likeness (QED) is 0.591. The van der Waals surface area contributed by atoms with Crippen LogP contribution in [-0.2, 0) is 4.74 Å². The van der Waals surface area contributed by atoms with Crippen molar-refractivity contribution < 1.29 is 9.84 Å². The molecule has 0 bridgehead atoms. The summed E-state index contributed by atoms with van der Waals surface area (Å²) in [7, 11) is 1.56. The number of nitrogen functional groups attached to an aromatic ring is 1. The Balaban J connectivity index is 2.89. The van der Waals surface area contributed by atoms with E-state index in [1.807, 2.05) is 18.7 Å². The highest BCUT2D eigenvalue weighted by atomic mass is 16.5. The van der Waals surface area contributed by atoms with E-state index in [0.717, 1.165) is 13.1 Å². The first-order valence-corrected chi connectivity index (χ1v) is 6.27. The van der Waals surface area contributed by atoms with Crippen LogP contribution in [0.5, 0.6) is 0 Å². The SMILES string of the molecule is CCN(CC)c1nc(N)nc(NC(CO)COC)n1. The van der Waals surface area contributed by atoms with Gasteiger partial charge in [0.15, 0.2) is 0 Å².